The average molecular weight is 320 g/mol. The highest BCUT2D eigenvalue weighted by Gasteiger charge is 2.12. The minimum Gasteiger partial charge on any atom is -0.493 e. The summed E-state index contributed by atoms with van der Waals surface area (Å²) in [6.45, 7) is 3.94. The van der Waals surface area contributed by atoms with Crippen LogP contribution in [0.5, 0.6) is 5.75 Å². The Hall–Kier alpha value is -1.17. The van der Waals surface area contributed by atoms with Crippen molar-refractivity contribution in [2.24, 2.45) is 0 Å². The van der Waals surface area contributed by atoms with Gasteiger partial charge in [0.2, 0.25) is 0 Å². The van der Waals surface area contributed by atoms with Gasteiger partial charge < -0.3 is 10.1 Å². The van der Waals surface area contributed by atoms with Crippen LogP contribution in [0.25, 0.3) is 20.3 Å². The number of thiophene rings is 1. The summed E-state index contributed by atoms with van der Waals surface area (Å²) in [6.07, 6.45) is 3.52. The molecule has 0 saturated heterocycles. The molecule has 0 aliphatic rings. The fourth-order valence-corrected chi connectivity index (χ4v) is 4.30. The number of hydrogen-bond donors (Lipinski definition) is 1. The van der Waals surface area contributed by atoms with Gasteiger partial charge in [0.15, 0.2) is 0 Å². The average Bonchev–Trinajstić information content (AvgIpc) is 3.07. The van der Waals surface area contributed by atoms with Gasteiger partial charge in [0, 0.05) is 11.5 Å². The minimum atomic E-state index is 0.790. The van der Waals surface area contributed by atoms with Gasteiger partial charge in [0.25, 0.3) is 0 Å². The van der Waals surface area contributed by atoms with E-state index in [9.17, 15) is 0 Å². The lowest BCUT2D eigenvalue weighted by Crippen LogP contribution is -2.07. The number of nitrogens with one attached hydrogen (secondary N) is 1. The summed E-state index contributed by atoms with van der Waals surface area (Å²) in [6, 6.07) is 4.30. The number of fused-ring (bicyclic) bond motifs is 3. The molecule has 0 saturated carbocycles. The number of rotatable bonds is 7. The number of thiazole rings is 1. The maximum absolute atomic E-state index is 6.04. The third-order valence-electron chi connectivity index (χ3n) is 3.50. The standard InChI is InChI=1S/C16H20N2OS2/c1-11-18-15-14(21-11)10-13(12-6-9-20-16(12)15)19-8-5-3-4-7-17-2/h6,9-10,17H,3-5,7-8H2,1-2H3. The number of aryl methyl sites for hydroxylation is 1. The maximum atomic E-state index is 6.04. The van der Waals surface area contributed by atoms with Crippen LogP contribution in [0.4, 0.5) is 0 Å². The van der Waals surface area contributed by atoms with E-state index in [1.807, 2.05) is 7.05 Å². The third kappa shape index (κ3) is 3.20. The van der Waals surface area contributed by atoms with Crippen LogP contribution in [0.2, 0.25) is 0 Å². The molecule has 112 valence electrons. The molecule has 21 heavy (non-hydrogen) atoms. The van der Waals surface area contributed by atoms with Crippen LogP contribution in [-0.2, 0) is 0 Å². The molecule has 5 heteroatoms. The number of unbranched alkanes of at least 4 members (excludes halogenated alkanes) is 2. The molecular formula is C16H20N2OS2. The Bertz CT molecular complexity index is 732. The van der Waals surface area contributed by atoms with Gasteiger partial charge in [-0.25, -0.2) is 4.98 Å². The summed E-state index contributed by atoms with van der Waals surface area (Å²) < 4.78 is 8.52. The van der Waals surface area contributed by atoms with Crippen LogP contribution < -0.4 is 10.1 Å². The largest absolute Gasteiger partial charge is 0.493 e. The highest BCUT2D eigenvalue weighted by molar-refractivity contribution is 7.21. The molecular weight excluding hydrogens is 300 g/mol. The second-order valence-corrected chi connectivity index (χ2v) is 7.28. The molecule has 2 heterocycles. The van der Waals surface area contributed by atoms with E-state index in [2.05, 4.69) is 34.7 Å². The Labute approximate surface area is 133 Å². The first-order valence-electron chi connectivity index (χ1n) is 7.34. The lowest BCUT2D eigenvalue weighted by molar-refractivity contribution is 0.309. The van der Waals surface area contributed by atoms with Crippen LogP contribution >= 0.6 is 22.7 Å². The Kier molecular flexibility index (Phi) is 4.73. The molecule has 0 fully saturated rings. The fraction of sp³-hybridized carbons (Fsp3) is 0.438. The summed E-state index contributed by atoms with van der Waals surface area (Å²) in [5.74, 6) is 1.01. The summed E-state index contributed by atoms with van der Waals surface area (Å²) in [7, 11) is 2.00. The molecule has 0 spiro atoms. The van der Waals surface area contributed by atoms with E-state index in [0.717, 1.165) is 35.8 Å². The van der Waals surface area contributed by atoms with E-state index < -0.39 is 0 Å². The first kappa shape index (κ1) is 14.8. The van der Waals surface area contributed by atoms with Crippen LogP contribution in [0, 0.1) is 6.92 Å². The molecule has 0 unspecified atom stereocenters. The van der Waals surface area contributed by atoms with E-state index >= 15 is 0 Å². The zero-order chi connectivity index (χ0) is 14.7. The van der Waals surface area contributed by atoms with Gasteiger partial charge in [0.1, 0.15) is 5.75 Å². The predicted octanol–water partition coefficient (Wildman–Crippen LogP) is 4.59. The SMILES string of the molecule is CNCCCCCOc1cc2sc(C)nc2c2sccc12. The van der Waals surface area contributed by atoms with Crippen molar-refractivity contribution in [3.63, 3.8) is 0 Å². The van der Waals surface area contributed by atoms with Crippen molar-refractivity contribution in [2.75, 3.05) is 20.2 Å². The quantitative estimate of drug-likeness (QED) is 0.647. The number of ether oxygens (including phenoxy) is 1. The molecule has 3 nitrogen and oxygen atoms in total. The molecule has 3 aromatic rings. The maximum Gasteiger partial charge on any atom is 0.129 e. The van der Waals surface area contributed by atoms with E-state index in [-0.39, 0.29) is 0 Å². The van der Waals surface area contributed by atoms with Gasteiger partial charge in [-0.2, -0.15) is 0 Å². The molecule has 0 radical (unpaired) electrons. The first-order chi connectivity index (χ1) is 10.3. The van der Waals surface area contributed by atoms with Crippen LogP contribution in [-0.4, -0.2) is 25.2 Å². The van der Waals surface area contributed by atoms with Crippen molar-refractivity contribution in [2.45, 2.75) is 26.2 Å². The lowest BCUT2D eigenvalue weighted by Gasteiger charge is -2.08. The second-order valence-electron chi connectivity index (χ2n) is 5.13. The van der Waals surface area contributed by atoms with Gasteiger partial charge in [-0.1, -0.05) is 0 Å². The van der Waals surface area contributed by atoms with Gasteiger partial charge >= 0.3 is 0 Å². The molecule has 2 aromatic heterocycles. The van der Waals surface area contributed by atoms with Crippen LogP contribution in [0.1, 0.15) is 24.3 Å². The zero-order valence-electron chi connectivity index (χ0n) is 12.4. The van der Waals surface area contributed by atoms with E-state index in [4.69, 9.17) is 4.74 Å². The number of benzene rings is 1. The minimum absolute atomic E-state index is 0.790. The van der Waals surface area contributed by atoms with Crippen LogP contribution in [0.15, 0.2) is 17.5 Å². The monoisotopic (exact) mass is 320 g/mol. The first-order valence-corrected chi connectivity index (χ1v) is 9.04. The zero-order valence-corrected chi connectivity index (χ0v) is 14.1. The smallest absolute Gasteiger partial charge is 0.129 e. The third-order valence-corrected chi connectivity index (χ3v) is 5.34. The summed E-state index contributed by atoms with van der Waals surface area (Å²) >= 11 is 3.49. The lowest BCUT2D eigenvalue weighted by atomic mass is 10.2. The van der Waals surface area contributed by atoms with Gasteiger partial charge in [-0.05, 0) is 51.2 Å². The molecule has 3 rings (SSSR count). The van der Waals surface area contributed by atoms with Gasteiger partial charge in [-0.15, -0.1) is 22.7 Å². The predicted molar refractivity (Wildman–Crippen MR) is 93.0 cm³/mol. The normalized spacial score (nSPS) is 11.5. The van der Waals surface area contributed by atoms with E-state index in [0.29, 0.717) is 0 Å². The molecule has 1 N–H and O–H groups in total. The Morgan fingerprint density at radius 3 is 3.05 bits per heavy atom. The van der Waals surface area contributed by atoms with E-state index in [1.54, 1.807) is 22.7 Å². The van der Waals surface area contributed by atoms with Gasteiger partial charge in [-0.3, -0.25) is 0 Å². The Morgan fingerprint density at radius 1 is 1.29 bits per heavy atom. The number of nitrogens with zero attached hydrogens (tertiary/aromatic N) is 1. The van der Waals surface area contributed by atoms with Crippen molar-refractivity contribution < 1.29 is 4.74 Å². The van der Waals surface area contributed by atoms with Crippen molar-refractivity contribution in [3.05, 3.63) is 22.5 Å². The van der Waals surface area contributed by atoms with E-state index in [1.165, 1.54) is 27.6 Å². The molecule has 0 aliphatic carbocycles. The topological polar surface area (TPSA) is 34.1 Å². The number of hydrogen-bond acceptors (Lipinski definition) is 5. The summed E-state index contributed by atoms with van der Waals surface area (Å²) in [4.78, 5) is 4.65. The number of aromatic nitrogens is 1. The molecule has 0 bridgehead atoms. The van der Waals surface area contributed by atoms with Crippen molar-refractivity contribution in [1.82, 2.24) is 10.3 Å². The molecule has 1 aromatic carbocycles. The second kappa shape index (κ2) is 6.73. The molecule has 0 aliphatic heterocycles. The highest BCUT2D eigenvalue weighted by atomic mass is 32.1. The van der Waals surface area contributed by atoms with Gasteiger partial charge in [0.05, 0.1) is 26.5 Å². The van der Waals surface area contributed by atoms with Crippen molar-refractivity contribution in [3.8, 4) is 5.75 Å². The molecule has 0 amide bonds. The summed E-state index contributed by atoms with van der Waals surface area (Å²) in [5, 5.41) is 7.61. The molecule has 0 atom stereocenters. The van der Waals surface area contributed by atoms with Crippen LogP contribution in [0.3, 0.4) is 0 Å². The highest BCUT2D eigenvalue weighted by Crippen LogP contribution is 2.38. The van der Waals surface area contributed by atoms with Crippen molar-refractivity contribution in [1.29, 1.82) is 0 Å². The summed E-state index contributed by atoms with van der Waals surface area (Å²) in [5.41, 5.74) is 1.13. The fourth-order valence-electron chi connectivity index (χ4n) is 2.47. The Morgan fingerprint density at radius 2 is 2.19 bits per heavy atom. The van der Waals surface area contributed by atoms with Crippen molar-refractivity contribution >= 4 is 43.0 Å². The Balaban J connectivity index is 1.76.